The first-order valence-electron chi connectivity index (χ1n) is 13.8. The molecular formula is C31H36N2O6. The van der Waals surface area contributed by atoms with E-state index in [1.807, 2.05) is 30.3 Å². The van der Waals surface area contributed by atoms with E-state index in [0.29, 0.717) is 24.6 Å². The van der Waals surface area contributed by atoms with Gasteiger partial charge in [-0.2, -0.15) is 0 Å². The van der Waals surface area contributed by atoms with Crippen molar-refractivity contribution in [1.82, 2.24) is 10.3 Å². The molecule has 2 bridgehead atoms. The number of aromatic nitrogens is 1. The lowest BCUT2D eigenvalue weighted by atomic mass is 9.75. The van der Waals surface area contributed by atoms with Crippen molar-refractivity contribution < 1.29 is 28.6 Å². The second kappa shape index (κ2) is 12.5. The number of benzene rings is 2. The third-order valence-corrected chi connectivity index (χ3v) is 7.98. The van der Waals surface area contributed by atoms with Crippen LogP contribution < -0.4 is 10.1 Å². The standard InChI is InChI=1S/C31H36N2O6/c1-37-23-12-9-20(10-13-23)6-4-5-17-32-30(36)25-19-38-31(33-25)29-24(26-14-15-27(29)39-26)18-22-8-3-2-7-21(22)11-16-28(34)35/h2-3,7-10,12-13,19,24,26-27,29H,4-6,11,14-18H2,1H3,(H,32,36)(H,34,35)/t24-,26+,27-,29+/m1/s1. The van der Waals surface area contributed by atoms with Crippen molar-refractivity contribution >= 4 is 11.9 Å². The molecule has 0 unspecified atom stereocenters. The predicted octanol–water partition coefficient (Wildman–Crippen LogP) is 4.96. The molecule has 0 saturated carbocycles. The van der Waals surface area contributed by atoms with E-state index in [1.165, 1.54) is 11.8 Å². The Bertz CT molecular complexity index is 1270. The molecule has 5 rings (SSSR count). The van der Waals surface area contributed by atoms with E-state index >= 15 is 0 Å². The average Bonchev–Trinajstić information content (AvgIpc) is 3.70. The smallest absolute Gasteiger partial charge is 0.303 e. The van der Waals surface area contributed by atoms with Crippen LogP contribution in [0.4, 0.5) is 0 Å². The van der Waals surface area contributed by atoms with E-state index in [2.05, 4.69) is 28.5 Å². The average molecular weight is 533 g/mol. The molecule has 2 fully saturated rings. The minimum Gasteiger partial charge on any atom is -0.497 e. The SMILES string of the molecule is COc1ccc(CCCCNC(=O)c2coc([C@H]3[C@H](Cc4ccccc4CCC(=O)O)[C@@H]4CC[C@H]3O4)n2)cc1. The number of carboxylic acids is 1. The highest BCUT2D eigenvalue weighted by Gasteiger charge is 2.51. The molecule has 0 spiro atoms. The number of oxazole rings is 1. The fourth-order valence-electron chi connectivity index (χ4n) is 5.96. The van der Waals surface area contributed by atoms with Gasteiger partial charge in [-0.1, -0.05) is 36.4 Å². The van der Waals surface area contributed by atoms with Crippen LogP contribution in [-0.4, -0.2) is 47.8 Å². The molecule has 206 valence electrons. The molecule has 8 heteroatoms. The quantitative estimate of drug-likeness (QED) is 0.300. The summed E-state index contributed by atoms with van der Waals surface area (Å²) in [5.74, 6) is 0.522. The number of carboxylic acid groups (broad SMARTS) is 1. The highest BCUT2D eigenvalue weighted by molar-refractivity contribution is 5.91. The first-order chi connectivity index (χ1) is 19.0. The number of rotatable bonds is 13. The van der Waals surface area contributed by atoms with Crippen LogP contribution in [0.5, 0.6) is 5.75 Å². The zero-order valence-electron chi connectivity index (χ0n) is 22.3. The Labute approximate surface area is 228 Å². The van der Waals surface area contributed by atoms with E-state index in [1.54, 1.807) is 7.11 Å². The number of methoxy groups -OCH3 is 1. The molecule has 2 aromatic carbocycles. The lowest BCUT2D eigenvalue weighted by Gasteiger charge is -2.26. The number of ether oxygens (including phenoxy) is 2. The molecule has 2 N–H and O–H groups in total. The largest absolute Gasteiger partial charge is 0.497 e. The molecule has 3 aromatic rings. The van der Waals surface area contributed by atoms with Gasteiger partial charge in [0, 0.05) is 18.9 Å². The van der Waals surface area contributed by atoms with Crippen molar-refractivity contribution in [3.8, 4) is 5.75 Å². The summed E-state index contributed by atoms with van der Waals surface area (Å²) in [6, 6.07) is 16.1. The fourth-order valence-corrected chi connectivity index (χ4v) is 5.96. The fraction of sp³-hybridized carbons (Fsp3) is 0.452. The monoisotopic (exact) mass is 532 g/mol. The van der Waals surface area contributed by atoms with Gasteiger partial charge in [-0.3, -0.25) is 9.59 Å². The number of unbranched alkanes of at least 4 members (excludes halogenated alkanes) is 1. The molecule has 2 saturated heterocycles. The first-order valence-corrected chi connectivity index (χ1v) is 13.8. The van der Waals surface area contributed by atoms with Crippen LogP contribution in [0.3, 0.4) is 0 Å². The summed E-state index contributed by atoms with van der Waals surface area (Å²) in [6.45, 7) is 0.574. The maximum Gasteiger partial charge on any atom is 0.303 e. The summed E-state index contributed by atoms with van der Waals surface area (Å²) in [7, 11) is 1.66. The topological polar surface area (TPSA) is 111 Å². The van der Waals surface area contributed by atoms with E-state index in [4.69, 9.17) is 19.0 Å². The van der Waals surface area contributed by atoms with Crippen LogP contribution in [0.15, 0.2) is 59.2 Å². The van der Waals surface area contributed by atoms with Crippen LogP contribution in [0, 0.1) is 5.92 Å². The molecule has 2 aliphatic heterocycles. The zero-order valence-corrected chi connectivity index (χ0v) is 22.3. The number of aryl methyl sites for hydroxylation is 2. The summed E-state index contributed by atoms with van der Waals surface area (Å²) in [5, 5.41) is 12.1. The Morgan fingerprint density at radius 3 is 2.56 bits per heavy atom. The van der Waals surface area contributed by atoms with Gasteiger partial charge < -0.3 is 24.3 Å². The van der Waals surface area contributed by atoms with Gasteiger partial charge in [0.25, 0.3) is 5.91 Å². The van der Waals surface area contributed by atoms with Crippen molar-refractivity contribution in [1.29, 1.82) is 0 Å². The van der Waals surface area contributed by atoms with Gasteiger partial charge in [-0.25, -0.2) is 4.98 Å². The van der Waals surface area contributed by atoms with Gasteiger partial charge in [0.1, 0.15) is 12.0 Å². The third kappa shape index (κ3) is 6.50. The maximum absolute atomic E-state index is 12.8. The Hall–Kier alpha value is -3.65. The number of carbonyl (C=O) groups is 2. The number of fused-ring (bicyclic) bond motifs is 2. The van der Waals surface area contributed by atoms with Gasteiger partial charge in [0.15, 0.2) is 5.69 Å². The normalized spacial score (nSPS) is 21.7. The Morgan fingerprint density at radius 1 is 1.03 bits per heavy atom. The number of aliphatic carboxylic acids is 1. The minimum atomic E-state index is -0.797. The molecule has 0 radical (unpaired) electrons. The number of amides is 1. The molecule has 39 heavy (non-hydrogen) atoms. The number of nitrogens with one attached hydrogen (secondary N) is 1. The van der Waals surface area contributed by atoms with Gasteiger partial charge >= 0.3 is 5.97 Å². The van der Waals surface area contributed by atoms with Crippen LogP contribution in [0.25, 0.3) is 0 Å². The van der Waals surface area contributed by atoms with Crippen LogP contribution in [0.2, 0.25) is 0 Å². The Kier molecular flexibility index (Phi) is 8.61. The lowest BCUT2D eigenvalue weighted by molar-refractivity contribution is -0.136. The Balaban J connectivity index is 1.16. The van der Waals surface area contributed by atoms with E-state index in [0.717, 1.165) is 55.4 Å². The lowest BCUT2D eigenvalue weighted by Crippen LogP contribution is -2.28. The molecule has 8 nitrogen and oxygen atoms in total. The number of nitrogens with zero attached hydrogens (tertiary/aromatic N) is 1. The molecule has 1 aromatic heterocycles. The van der Waals surface area contributed by atoms with Crippen molar-refractivity contribution in [3.63, 3.8) is 0 Å². The van der Waals surface area contributed by atoms with E-state index in [-0.39, 0.29) is 36.4 Å². The van der Waals surface area contributed by atoms with E-state index < -0.39 is 5.97 Å². The van der Waals surface area contributed by atoms with Crippen LogP contribution in [0.1, 0.15) is 71.1 Å². The van der Waals surface area contributed by atoms with Crippen molar-refractivity contribution in [2.45, 2.75) is 69.5 Å². The number of carbonyl (C=O) groups excluding carboxylic acids is 1. The third-order valence-electron chi connectivity index (χ3n) is 7.98. The van der Waals surface area contributed by atoms with Gasteiger partial charge in [-0.05, 0) is 73.8 Å². The van der Waals surface area contributed by atoms with Crippen molar-refractivity contribution in [3.05, 3.63) is 83.1 Å². The second-order valence-corrected chi connectivity index (χ2v) is 10.5. The zero-order chi connectivity index (χ0) is 27.2. The summed E-state index contributed by atoms with van der Waals surface area (Å²) >= 11 is 0. The summed E-state index contributed by atoms with van der Waals surface area (Å²) in [5.41, 5.74) is 3.74. The molecule has 1 amide bonds. The molecule has 0 aliphatic carbocycles. The highest BCUT2D eigenvalue weighted by Crippen LogP contribution is 2.50. The minimum absolute atomic E-state index is 0.0256. The van der Waals surface area contributed by atoms with Gasteiger partial charge in [0.05, 0.1) is 25.2 Å². The van der Waals surface area contributed by atoms with Crippen molar-refractivity contribution in [2.24, 2.45) is 5.92 Å². The van der Waals surface area contributed by atoms with Gasteiger partial charge in [0.2, 0.25) is 5.89 Å². The van der Waals surface area contributed by atoms with Gasteiger partial charge in [-0.15, -0.1) is 0 Å². The molecule has 3 heterocycles. The van der Waals surface area contributed by atoms with Crippen LogP contribution >= 0.6 is 0 Å². The molecule has 2 aliphatic rings. The molecule has 4 atom stereocenters. The van der Waals surface area contributed by atoms with Crippen LogP contribution in [-0.2, 0) is 28.8 Å². The first kappa shape index (κ1) is 26.9. The number of hydrogen-bond donors (Lipinski definition) is 2. The summed E-state index contributed by atoms with van der Waals surface area (Å²) in [6.07, 6.45) is 7.68. The second-order valence-electron chi connectivity index (χ2n) is 10.5. The maximum atomic E-state index is 12.8. The molecular weight excluding hydrogens is 496 g/mol. The van der Waals surface area contributed by atoms with E-state index in [9.17, 15) is 9.59 Å². The van der Waals surface area contributed by atoms with Crippen molar-refractivity contribution in [2.75, 3.05) is 13.7 Å². The highest BCUT2D eigenvalue weighted by atomic mass is 16.5. The summed E-state index contributed by atoms with van der Waals surface area (Å²) in [4.78, 5) is 28.5. The Morgan fingerprint density at radius 2 is 1.79 bits per heavy atom. The number of hydrogen-bond acceptors (Lipinski definition) is 6. The summed E-state index contributed by atoms with van der Waals surface area (Å²) < 4.78 is 17.3. The predicted molar refractivity (Wildman–Crippen MR) is 145 cm³/mol.